The summed E-state index contributed by atoms with van der Waals surface area (Å²) >= 11 is 6.11. The van der Waals surface area contributed by atoms with E-state index in [1.54, 1.807) is 0 Å². The van der Waals surface area contributed by atoms with Crippen molar-refractivity contribution in [3.8, 4) is 0 Å². The summed E-state index contributed by atoms with van der Waals surface area (Å²) in [6.07, 6.45) is 5.86. The van der Waals surface area contributed by atoms with E-state index in [1.165, 1.54) is 18.2 Å². The van der Waals surface area contributed by atoms with E-state index in [-0.39, 0.29) is 51.9 Å². The molecule has 4 atom stereocenters. The van der Waals surface area contributed by atoms with Crippen molar-refractivity contribution in [1.82, 2.24) is 0 Å². The molecule has 3 aliphatic carbocycles. The number of anilines is 1. The van der Waals surface area contributed by atoms with Crippen LogP contribution in [0.4, 0.5) is 11.4 Å². The van der Waals surface area contributed by atoms with Gasteiger partial charge in [-0.2, -0.15) is 0 Å². The lowest BCUT2D eigenvalue weighted by Gasteiger charge is -2.38. The molecule has 7 heteroatoms. The van der Waals surface area contributed by atoms with Crippen molar-refractivity contribution in [2.45, 2.75) is 12.8 Å². The van der Waals surface area contributed by atoms with Crippen molar-refractivity contribution < 1.29 is 14.5 Å². The minimum atomic E-state index is -0.566. The molecular weight excluding hydrogens is 320 g/mol. The van der Waals surface area contributed by atoms with Crippen molar-refractivity contribution in [2.75, 3.05) is 4.90 Å². The van der Waals surface area contributed by atoms with Crippen molar-refractivity contribution in [3.63, 3.8) is 0 Å². The molecule has 5 rings (SSSR count). The lowest BCUT2D eigenvalue weighted by molar-refractivity contribution is -0.384. The minimum absolute atomic E-state index is 0.0731. The van der Waals surface area contributed by atoms with Crippen molar-refractivity contribution >= 4 is 34.8 Å². The number of imide groups is 1. The number of nitro groups is 1. The van der Waals surface area contributed by atoms with Crippen LogP contribution in [0.3, 0.4) is 0 Å². The van der Waals surface area contributed by atoms with Gasteiger partial charge < -0.3 is 0 Å². The number of hydrogen-bond acceptors (Lipinski definition) is 4. The molecule has 1 heterocycles. The van der Waals surface area contributed by atoms with Crippen molar-refractivity contribution in [3.05, 3.63) is 45.5 Å². The number of nitrogens with zero attached hydrogens (tertiary/aromatic N) is 2. The van der Waals surface area contributed by atoms with Gasteiger partial charge in [-0.3, -0.25) is 19.7 Å². The van der Waals surface area contributed by atoms with Crippen molar-refractivity contribution in [1.29, 1.82) is 0 Å². The molecule has 6 nitrogen and oxygen atoms in total. The van der Waals surface area contributed by atoms with Crippen LogP contribution in [0.1, 0.15) is 12.8 Å². The van der Waals surface area contributed by atoms with Crippen LogP contribution in [0.5, 0.6) is 0 Å². The third-order valence-corrected chi connectivity index (χ3v) is 5.46. The first-order chi connectivity index (χ1) is 11.0. The van der Waals surface area contributed by atoms with Crippen molar-refractivity contribution in [2.24, 2.45) is 23.7 Å². The van der Waals surface area contributed by atoms with E-state index >= 15 is 0 Å². The third kappa shape index (κ3) is 1.94. The summed E-state index contributed by atoms with van der Waals surface area (Å²) in [6, 6.07) is 3.81. The maximum absolute atomic E-state index is 12.8. The number of non-ortho nitro benzene ring substituents is 1. The topological polar surface area (TPSA) is 80.5 Å². The molecule has 23 heavy (non-hydrogen) atoms. The number of nitro benzene ring substituents is 1. The molecule has 0 aromatic heterocycles. The highest BCUT2D eigenvalue weighted by molar-refractivity contribution is 6.36. The van der Waals surface area contributed by atoms with Crippen LogP contribution in [0.15, 0.2) is 30.4 Å². The first kappa shape index (κ1) is 14.4. The van der Waals surface area contributed by atoms with E-state index < -0.39 is 4.92 Å². The molecule has 2 amide bonds. The number of allylic oxidation sites excluding steroid dienone is 2. The van der Waals surface area contributed by atoms with Gasteiger partial charge in [-0.15, -0.1) is 0 Å². The van der Waals surface area contributed by atoms with Gasteiger partial charge in [0.15, 0.2) is 0 Å². The average Bonchev–Trinajstić information content (AvgIpc) is 2.83. The van der Waals surface area contributed by atoms with Gasteiger partial charge >= 0.3 is 0 Å². The zero-order valence-corrected chi connectivity index (χ0v) is 12.8. The van der Waals surface area contributed by atoms with E-state index in [0.717, 1.165) is 17.7 Å². The quantitative estimate of drug-likeness (QED) is 0.361. The molecule has 1 saturated carbocycles. The Morgan fingerprint density at radius 3 is 2.13 bits per heavy atom. The summed E-state index contributed by atoms with van der Waals surface area (Å²) in [7, 11) is 0. The van der Waals surface area contributed by atoms with Crippen LogP contribution in [0.25, 0.3) is 0 Å². The molecule has 1 aromatic rings. The number of benzene rings is 1. The van der Waals surface area contributed by atoms with Crippen LogP contribution < -0.4 is 4.90 Å². The number of carbonyl (C=O) groups excluding carboxylic acids is 2. The molecule has 1 aromatic carbocycles. The minimum Gasteiger partial charge on any atom is -0.274 e. The molecule has 0 N–H and O–H groups in total. The number of halogens is 1. The van der Waals surface area contributed by atoms with Crippen LogP contribution in [-0.2, 0) is 9.59 Å². The maximum Gasteiger partial charge on any atom is 0.271 e. The van der Waals surface area contributed by atoms with Crippen LogP contribution in [0.2, 0.25) is 5.02 Å². The first-order valence-electron chi connectivity index (χ1n) is 7.49. The second kappa shape index (κ2) is 4.89. The summed E-state index contributed by atoms with van der Waals surface area (Å²) < 4.78 is 0. The molecule has 0 unspecified atom stereocenters. The molecular formula is C16H13ClN2O4. The maximum atomic E-state index is 12.8. The third-order valence-electron chi connectivity index (χ3n) is 5.14. The highest BCUT2D eigenvalue weighted by Crippen LogP contribution is 2.51. The highest BCUT2D eigenvalue weighted by atomic mass is 35.5. The van der Waals surface area contributed by atoms with E-state index in [9.17, 15) is 19.7 Å². The SMILES string of the molecule is O=C1[C@H]2[C@H](C(=O)N1c1cc([N+](=O)[O-])ccc1Cl)[C@H]1C=C[C@H]2CC1. The average molecular weight is 333 g/mol. The Balaban J connectivity index is 1.79. The number of carbonyl (C=O) groups is 2. The zero-order chi connectivity index (χ0) is 16.3. The monoisotopic (exact) mass is 332 g/mol. The number of rotatable bonds is 2. The predicted molar refractivity (Wildman–Crippen MR) is 82.9 cm³/mol. The standard InChI is InChI=1S/C16H13ClN2O4/c17-11-6-5-10(19(22)23)7-12(11)18-15(20)13-8-1-2-9(4-3-8)14(13)16(18)21/h1-2,5-9,13-14H,3-4H2/t8-,9-,13+,14+/m0/s1. The molecule has 2 fully saturated rings. The Hall–Kier alpha value is -2.21. The first-order valence-corrected chi connectivity index (χ1v) is 7.87. The fourth-order valence-electron chi connectivity index (χ4n) is 4.10. The summed E-state index contributed by atoms with van der Waals surface area (Å²) in [5, 5.41) is 11.1. The lowest BCUT2D eigenvalue weighted by atomic mass is 9.63. The van der Waals surface area contributed by atoms with Gasteiger partial charge in [0.05, 0.1) is 27.5 Å². The van der Waals surface area contributed by atoms with E-state index in [1.807, 2.05) is 12.2 Å². The lowest BCUT2D eigenvalue weighted by Crippen LogP contribution is -2.38. The van der Waals surface area contributed by atoms with Gasteiger partial charge in [0.1, 0.15) is 0 Å². The smallest absolute Gasteiger partial charge is 0.271 e. The number of amides is 2. The fourth-order valence-corrected chi connectivity index (χ4v) is 4.30. The van der Waals surface area contributed by atoms with Crippen LogP contribution >= 0.6 is 11.6 Å². The summed E-state index contributed by atoms with van der Waals surface area (Å²) in [5.41, 5.74) is -0.0781. The summed E-state index contributed by atoms with van der Waals surface area (Å²) in [5.74, 6) is -1.15. The Morgan fingerprint density at radius 1 is 1.09 bits per heavy atom. The normalized spacial score (nSPS) is 31.6. The van der Waals surface area contributed by atoms with Gasteiger partial charge in [-0.05, 0) is 30.7 Å². The number of hydrogen-bond donors (Lipinski definition) is 0. The second-order valence-corrected chi connectivity index (χ2v) is 6.65. The summed E-state index contributed by atoms with van der Waals surface area (Å²) in [4.78, 5) is 37.1. The summed E-state index contributed by atoms with van der Waals surface area (Å²) in [6.45, 7) is 0. The fraction of sp³-hybridized carbons (Fsp3) is 0.375. The van der Waals surface area contributed by atoms with Gasteiger partial charge in [-0.25, -0.2) is 4.90 Å². The second-order valence-electron chi connectivity index (χ2n) is 6.25. The Morgan fingerprint density at radius 2 is 1.65 bits per heavy atom. The van der Waals surface area contributed by atoms with E-state index in [2.05, 4.69) is 0 Å². The van der Waals surface area contributed by atoms with Gasteiger partial charge in [0, 0.05) is 12.1 Å². The highest BCUT2D eigenvalue weighted by Gasteiger charge is 2.57. The molecule has 1 aliphatic heterocycles. The molecule has 1 saturated heterocycles. The molecule has 4 aliphatic rings. The molecule has 0 spiro atoms. The van der Waals surface area contributed by atoms with Gasteiger partial charge in [0.2, 0.25) is 11.8 Å². The molecule has 118 valence electrons. The Labute approximate surface area is 136 Å². The van der Waals surface area contributed by atoms with E-state index in [4.69, 9.17) is 11.6 Å². The van der Waals surface area contributed by atoms with Gasteiger partial charge in [0.25, 0.3) is 5.69 Å². The largest absolute Gasteiger partial charge is 0.274 e. The predicted octanol–water partition coefficient (Wildman–Crippen LogP) is 2.95. The van der Waals surface area contributed by atoms with Crippen LogP contribution in [0, 0.1) is 33.8 Å². The molecule has 2 bridgehead atoms. The Bertz CT molecular complexity index is 743. The number of fused-ring (bicyclic) bond motifs is 1. The van der Waals surface area contributed by atoms with Gasteiger partial charge in [-0.1, -0.05) is 23.8 Å². The van der Waals surface area contributed by atoms with E-state index in [0.29, 0.717) is 0 Å². The van der Waals surface area contributed by atoms with Crippen LogP contribution in [-0.4, -0.2) is 16.7 Å². The molecule has 0 radical (unpaired) electrons. The Kier molecular flexibility index (Phi) is 3.06. The zero-order valence-electron chi connectivity index (χ0n) is 12.0.